The van der Waals surface area contributed by atoms with Crippen molar-refractivity contribution in [1.29, 1.82) is 0 Å². The molecule has 134 valence electrons. The van der Waals surface area contributed by atoms with Crippen LogP contribution in [0.3, 0.4) is 0 Å². The largest absolute Gasteiger partial charge is 0.494 e. The van der Waals surface area contributed by atoms with Crippen molar-refractivity contribution in [3.8, 4) is 5.75 Å². The van der Waals surface area contributed by atoms with E-state index in [2.05, 4.69) is 11.6 Å². The van der Waals surface area contributed by atoms with Gasteiger partial charge in [-0.15, -0.1) is 0 Å². The van der Waals surface area contributed by atoms with E-state index in [9.17, 15) is 13.2 Å². The number of rotatable bonds is 7. The van der Waals surface area contributed by atoms with Crippen LogP contribution >= 0.6 is 0 Å². The highest BCUT2D eigenvalue weighted by atomic mass is 32.2. The number of sulfonamides is 1. The van der Waals surface area contributed by atoms with E-state index in [0.29, 0.717) is 18.3 Å². The summed E-state index contributed by atoms with van der Waals surface area (Å²) in [6.07, 6.45) is 2.22. The van der Waals surface area contributed by atoms with E-state index >= 15 is 0 Å². The number of likely N-dealkylation sites (tertiary alicyclic amines) is 1. The smallest absolute Gasteiger partial charge is 0.240 e. The van der Waals surface area contributed by atoms with Crippen LogP contribution in [0.25, 0.3) is 0 Å². The van der Waals surface area contributed by atoms with Gasteiger partial charge in [-0.1, -0.05) is 6.92 Å². The van der Waals surface area contributed by atoms with Gasteiger partial charge < -0.3 is 9.64 Å². The minimum absolute atomic E-state index is 0.0105. The molecule has 1 aliphatic rings. The highest BCUT2D eigenvalue weighted by Crippen LogP contribution is 2.17. The lowest BCUT2D eigenvalue weighted by atomic mass is 9.99. The minimum Gasteiger partial charge on any atom is -0.494 e. The predicted molar refractivity (Wildman–Crippen MR) is 92.4 cm³/mol. The zero-order valence-electron chi connectivity index (χ0n) is 14.3. The van der Waals surface area contributed by atoms with Crippen LogP contribution in [0.5, 0.6) is 5.75 Å². The molecule has 6 nitrogen and oxygen atoms in total. The Bertz CT molecular complexity index is 635. The summed E-state index contributed by atoms with van der Waals surface area (Å²) in [6, 6.07) is 6.25. The zero-order chi connectivity index (χ0) is 17.6. The molecule has 0 aromatic heterocycles. The third-order valence-corrected chi connectivity index (χ3v) is 5.69. The van der Waals surface area contributed by atoms with Gasteiger partial charge in [-0.2, -0.15) is 0 Å². The van der Waals surface area contributed by atoms with E-state index in [1.807, 2.05) is 11.8 Å². The number of benzene rings is 1. The third-order valence-electron chi connectivity index (χ3n) is 4.21. The molecule has 1 heterocycles. The molecule has 0 aliphatic carbocycles. The number of carbonyl (C=O) groups excluding carboxylic acids is 1. The molecule has 7 heteroatoms. The van der Waals surface area contributed by atoms with Crippen molar-refractivity contribution in [2.45, 2.75) is 38.0 Å². The minimum atomic E-state index is -3.60. The molecule has 1 amide bonds. The Morgan fingerprint density at radius 2 is 1.88 bits per heavy atom. The third kappa shape index (κ3) is 5.21. The van der Waals surface area contributed by atoms with Gasteiger partial charge in [-0.05, 0) is 49.9 Å². The monoisotopic (exact) mass is 354 g/mol. The van der Waals surface area contributed by atoms with Gasteiger partial charge in [0.2, 0.25) is 15.9 Å². The second-order valence-corrected chi connectivity index (χ2v) is 7.88. The molecule has 0 radical (unpaired) electrons. The first-order valence-corrected chi connectivity index (χ1v) is 9.91. The first-order chi connectivity index (χ1) is 11.4. The van der Waals surface area contributed by atoms with Crippen LogP contribution in [0.1, 0.15) is 33.1 Å². The van der Waals surface area contributed by atoms with E-state index < -0.39 is 10.0 Å². The van der Waals surface area contributed by atoms with Gasteiger partial charge in [-0.3, -0.25) is 4.79 Å². The van der Waals surface area contributed by atoms with Gasteiger partial charge >= 0.3 is 0 Å². The van der Waals surface area contributed by atoms with Crippen LogP contribution < -0.4 is 9.46 Å². The maximum Gasteiger partial charge on any atom is 0.240 e. The Labute approximate surface area is 144 Å². The van der Waals surface area contributed by atoms with Crippen molar-refractivity contribution in [2.75, 3.05) is 26.2 Å². The average molecular weight is 354 g/mol. The summed E-state index contributed by atoms with van der Waals surface area (Å²) in [5.41, 5.74) is 0. The van der Waals surface area contributed by atoms with Gasteiger partial charge in [0, 0.05) is 26.1 Å². The molecule has 1 N–H and O–H groups in total. The van der Waals surface area contributed by atoms with Crippen molar-refractivity contribution in [2.24, 2.45) is 5.92 Å². The zero-order valence-corrected chi connectivity index (χ0v) is 15.1. The molecular formula is C17H26N2O4S. The van der Waals surface area contributed by atoms with Crippen molar-refractivity contribution < 1.29 is 17.9 Å². The van der Waals surface area contributed by atoms with Crippen LogP contribution in [-0.2, 0) is 14.8 Å². The van der Waals surface area contributed by atoms with Crippen LogP contribution in [0, 0.1) is 5.92 Å². The Morgan fingerprint density at radius 3 is 2.46 bits per heavy atom. The Morgan fingerprint density at radius 1 is 1.25 bits per heavy atom. The van der Waals surface area contributed by atoms with Crippen LogP contribution in [-0.4, -0.2) is 45.5 Å². The van der Waals surface area contributed by atoms with Crippen molar-refractivity contribution >= 4 is 15.9 Å². The first kappa shape index (κ1) is 18.7. The number of hydrogen-bond donors (Lipinski definition) is 1. The van der Waals surface area contributed by atoms with Gasteiger partial charge in [0.15, 0.2) is 0 Å². The Kier molecular flexibility index (Phi) is 6.62. The lowest BCUT2D eigenvalue weighted by Gasteiger charge is -2.30. The quantitative estimate of drug-likeness (QED) is 0.813. The molecule has 1 aromatic carbocycles. The van der Waals surface area contributed by atoms with E-state index in [1.54, 1.807) is 12.1 Å². The van der Waals surface area contributed by atoms with E-state index in [0.717, 1.165) is 25.9 Å². The molecule has 24 heavy (non-hydrogen) atoms. The number of carbonyl (C=O) groups is 1. The number of nitrogens with zero attached hydrogens (tertiary/aromatic N) is 1. The lowest BCUT2D eigenvalue weighted by molar-refractivity contribution is -0.132. The highest BCUT2D eigenvalue weighted by Gasteiger charge is 2.21. The van der Waals surface area contributed by atoms with Crippen molar-refractivity contribution in [3.05, 3.63) is 24.3 Å². The second kappa shape index (κ2) is 8.48. The number of nitrogens with one attached hydrogen (secondary N) is 1. The fourth-order valence-electron chi connectivity index (χ4n) is 2.67. The van der Waals surface area contributed by atoms with Crippen molar-refractivity contribution in [1.82, 2.24) is 9.62 Å². The first-order valence-electron chi connectivity index (χ1n) is 8.42. The van der Waals surface area contributed by atoms with E-state index in [4.69, 9.17) is 4.74 Å². The van der Waals surface area contributed by atoms with Crippen LogP contribution in [0.15, 0.2) is 29.2 Å². The molecule has 0 bridgehead atoms. The number of piperidine rings is 1. The van der Waals surface area contributed by atoms with Crippen LogP contribution in [0.2, 0.25) is 0 Å². The van der Waals surface area contributed by atoms with Crippen LogP contribution in [0.4, 0.5) is 0 Å². The van der Waals surface area contributed by atoms with E-state index in [-0.39, 0.29) is 23.8 Å². The average Bonchev–Trinajstić information content (AvgIpc) is 2.56. The van der Waals surface area contributed by atoms with Gasteiger partial charge in [0.25, 0.3) is 0 Å². The molecule has 0 atom stereocenters. The molecule has 1 fully saturated rings. The van der Waals surface area contributed by atoms with Crippen molar-refractivity contribution in [3.63, 3.8) is 0 Å². The molecular weight excluding hydrogens is 328 g/mol. The number of hydrogen-bond acceptors (Lipinski definition) is 4. The SMILES string of the molecule is CCOc1ccc(S(=O)(=O)NCCC(=O)N2CCC(C)CC2)cc1. The number of ether oxygens (including phenoxy) is 1. The molecule has 2 rings (SSSR count). The summed E-state index contributed by atoms with van der Waals surface area (Å²) in [5, 5.41) is 0. The molecule has 0 unspecified atom stereocenters. The molecule has 0 saturated carbocycles. The predicted octanol–water partition coefficient (Wildman–Crippen LogP) is 2.01. The lowest BCUT2D eigenvalue weighted by Crippen LogP contribution is -2.39. The van der Waals surface area contributed by atoms with Gasteiger partial charge in [0.1, 0.15) is 5.75 Å². The topological polar surface area (TPSA) is 75.7 Å². The van der Waals surface area contributed by atoms with E-state index in [1.165, 1.54) is 12.1 Å². The van der Waals surface area contributed by atoms with Gasteiger partial charge in [0.05, 0.1) is 11.5 Å². The molecule has 1 saturated heterocycles. The molecule has 1 aliphatic heterocycles. The molecule has 1 aromatic rings. The maximum absolute atomic E-state index is 12.2. The molecule has 0 spiro atoms. The maximum atomic E-state index is 12.2. The Balaban J connectivity index is 1.82. The van der Waals surface area contributed by atoms with Gasteiger partial charge in [-0.25, -0.2) is 13.1 Å². The summed E-state index contributed by atoms with van der Waals surface area (Å²) in [4.78, 5) is 14.1. The summed E-state index contributed by atoms with van der Waals surface area (Å²) in [7, 11) is -3.60. The highest BCUT2D eigenvalue weighted by molar-refractivity contribution is 7.89. The number of amides is 1. The fraction of sp³-hybridized carbons (Fsp3) is 0.588. The summed E-state index contributed by atoms with van der Waals surface area (Å²) in [6.45, 7) is 6.23. The summed E-state index contributed by atoms with van der Waals surface area (Å²) >= 11 is 0. The normalized spacial score (nSPS) is 16.2. The summed E-state index contributed by atoms with van der Waals surface area (Å²) in [5.74, 6) is 1.30. The second-order valence-electron chi connectivity index (χ2n) is 6.12. The standard InChI is InChI=1S/C17H26N2O4S/c1-3-23-15-4-6-16(7-5-15)24(21,22)18-11-8-17(20)19-12-9-14(2)10-13-19/h4-7,14,18H,3,8-13H2,1-2H3. The fourth-order valence-corrected chi connectivity index (χ4v) is 3.71. The Hall–Kier alpha value is -1.60. The summed E-state index contributed by atoms with van der Waals surface area (Å²) < 4.78 is 32.2.